The fraction of sp³-hybridized carbons (Fsp3) is 0.600. The molecule has 88 valence electrons. The molecule has 1 saturated heterocycles. The second-order valence-electron chi connectivity index (χ2n) is 3.66. The second-order valence-corrected chi connectivity index (χ2v) is 4.85. The van der Waals surface area contributed by atoms with Crippen LogP contribution in [0.15, 0.2) is 10.7 Å². The Morgan fingerprint density at radius 1 is 1.50 bits per heavy atom. The SMILES string of the molecule is Clc1ncc(Br)c(OCC2CCOCC2)n1. The van der Waals surface area contributed by atoms with Crippen LogP contribution < -0.4 is 4.74 Å². The van der Waals surface area contributed by atoms with Crippen LogP contribution in [0, 0.1) is 5.92 Å². The van der Waals surface area contributed by atoms with Crippen molar-refractivity contribution in [1.29, 1.82) is 0 Å². The first kappa shape index (κ1) is 12.1. The Morgan fingerprint density at radius 3 is 3.00 bits per heavy atom. The number of ether oxygens (including phenoxy) is 2. The first-order valence-corrected chi connectivity index (χ1v) is 6.31. The maximum Gasteiger partial charge on any atom is 0.232 e. The average Bonchev–Trinajstić information content (AvgIpc) is 2.32. The van der Waals surface area contributed by atoms with Crippen molar-refractivity contribution in [3.63, 3.8) is 0 Å². The molecule has 1 aromatic heterocycles. The van der Waals surface area contributed by atoms with Gasteiger partial charge in [0.05, 0.1) is 11.1 Å². The molecule has 0 bridgehead atoms. The molecule has 1 aliphatic heterocycles. The van der Waals surface area contributed by atoms with E-state index in [1.807, 2.05) is 0 Å². The Morgan fingerprint density at radius 2 is 2.25 bits per heavy atom. The lowest BCUT2D eigenvalue weighted by Crippen LogP contribution is -2.21. The molecule has 0 saturated carbocycles. The molecule has 0 radical (unpaired) electrons. The zero-order valence-corrected chi connectivity index (χ0v) is 11.0. The van der Waals surface area contributed by atoms with Gasteiger partial charge >= 0.3 is 0 Å². The van der Waals surface area contributed by atoms with E-state index in [0.29, 0.717) is 18.4 Å². The predicted octanol–water partition coefficient (Wildman–Crippen LogP) is 2.70. The van der Waals surface area contributed by atoms with Gasteiger partial charge in [-0.2, -0.15) is 4.98 Å². The maximum atomic E-state index is 5.70. The average molecular weight is 308 g/mol. The summed E-state index contributed by atoms with van der Waals surface area (Å²) in [6, 6.07) is 0. The van der Waals surface area contributed by atoms with Crippen LogP contribution in [0.25, 0.3) is 0 Å². The number of halogens is 2. The van der Waals surface area contributed by atoms with Crippen LogP contribution in [0.1, 0.15) is 12.8 Å². The molecule has 0 unspecified atom stereocenters. The van der Waals surface area contributed by atoms with E-state index in [0.717, 1.165) is 30.5 Å². The van der Waals surface area contributed by atoms with E-state index < -0.39 is 0 Å². The van der Waals surface area contributed by atoms with Crippen LogP contribution in [0.5, 0.6) is 5.88 Å². The molecular formula is C10H12BrClN2O2. The molecule has 1 fully saturated rings. The summed E-state index contributed by atoms with van der Waals surface area (Å²) >= 11 is 9.02. The van der Waals surface area contributed by atoms with E-state index in [1.54, 1.807) is 6.20 Å². The lowest BCUT2D eigenvalue weighted by atomic mass is 10.0. The maximum absolute atomic E-state index is 5.70. The highest BCUT2D eigenvalue weighted by molar-refractivity contribution is 9.10. The number of hydrogen-bond donors (Lipinski definition) is 0. The molecule has 2 rings (SSSR count). The first-order chi connectivity index (χ1) is 7.75. The molecule has 6 heteroatoms. The molecule has 16 heavy (non-hydrogen) atoms. The smallest absolute Gasteiger partial charge is 0.232 e. The van der Waals surface area contributed by atoms with Gasteiger partial charge in [-0.1, -0.05) is 0 Å². The minimum Gasteiger partial charge on any atom is -0.476 e. The highest BCUT2D eigenvalue weighted by atomic mass is 79.9. The van der Waals surface area contributed by atoms with Gasteiger partial charge in [0, 0.05) is 19.4 Å². The number of hydrogen-bond acceptors (Lipinski definition) is 4. The van der Waals surface area contributed by atoms with E-state index in [4.69, 9.17) is 21.1 Å². The van der Waals surface area contributed by atoms with E-state index in [-0.39, 0.29) is 5.28 Å². The summed E-state index contributed by atoms with van der Waals surface area (Å²) in [5.41, 5.74) is 0. The van der Waals surface area contributed by atoms with Gasteiger partial charge in [-0.05, 0) is 46.3 Å². The lowest BCUT2D eigenvalue weighted by Gasteiger charge is -2.21. The summed E-state index contributed by atoms with van der Waals surface area (Å²) in [5, 5.41) is 0.199. The number of nitrogens with zero attached hydrogens (tertiary/aromatic N) is 2. The van der Waals surface area contributed by atoms with Gasteiger partial charge in [0.15, 0.2) is 0 Å². The van der Waals surface area contributed by atoms with Crippen LogP contribution in [-0.4, -0.2) is 29.8 Å². The van der Waals surface area contributed by atoms with Gasteiger partial charge in [-0.25, -0.2) is 4.98 Å². The molecule has 0 aromatic carbocycles. The van der Waals surface area contributed by atoms with E-state index in [9.17, 15) is 0 Å². The normalized spacial score (nSPS) is 17.4. The fourth-order valence-electron chi connectivity index (χ4n) is 1.54. The van der Waals surface area contributed by atoms with Crippen molar-refractivity contribution < 1.29 is 9.47 Å². The Balaban J connectivity index is 1.90. The van der Waals surface area contributed by atoms with Crippen LogP contribution in [-0.2, 0) is 4.74 Å². The Bertz CT molecular complexity index is 359. The molecular weight excluding hydrogens is 295 g/mol. The molecule has 0 amide bonds. The molecule has 0 atom stereocenters. The van der Waals surface area contributed by atoms with Crippen LogP contribution in [0.3, 0.4) is 0 Å². The summed E-state index contributed by atoms with van der Waals surface area (Å²) in [6.45, 7) is 2.29. The van der Waals surface area contributed by atoms with Crippen molar-refractivity contribution in [1.82, 2.24) is 9.97 Å². The van der Waals surface area contributed by atoms with Crippen LogP contribution in [0.4, 0.5) is 0 Å². The van der Waals surface area contributed by atoms with Crippen molar-refractivity contribution in [3.8, 4) is 5.88 Å². The van der Waals surface area contributed by atoms with Crippen molar-refractivity contribution >= 4 is 27.5 Å². The molecule has 2 heterocycles. The van der Waals surface area contributed by atoms with Gasteiger partial charge < -0.3 is 9.47 Å². The first-order valence-electron chi connectivity index (χ1n) is 5.14. The third kappa shape index (κ3) is 3.30. The summed E-state index contributed by atoms with van der Waals surface area (Å²) in [7, 11) is 0. The van der Waals surface area contributed by atoms with Gasteiger partial charge in [0.25, 0.3) is 0 Å². The number of aromatic nitrogens is 2. The molecule has 0 aliphatic carbocycles. The largest absolute Gasteiger partial charge is 0.476 e. The molecule has 0 N–H and O–H groups in total. The molecule has 1 aromatic rings. The second kappa shape index (κ2) is 5.80. The van der Waals surface area contributed by atoms with Crippen molar-refractivity contribution in [2.45, 2.75) is 12.8 Å². The standard InChI is InChI=1S/C10H12BrClN2O2/c11-8-5-13-10(12)14-9(8)16-6-7-1-3-15-4-2-7/h5,7H,1-4,6H2. The highest BCUT2D eigenvalue weighted by Gasteiger charge is 2.15. The van der Waals surface area contributed by atoms with Crippen molar-refractivity contribution in [3.05, 3.63) is 16.0 Å². The van der Waals surface area contributed by atoms with Gasteiger partial charge in [0.1, 0.15) is 0 Å². The van der Waals surface area contributed by atoms with E-state index in [2.05, 4.69) is 25.9 Å². The van der Waals surface area contributed by atoms with Crippen LogP contribution in [0.2, 0.25) is 5.28 Å². The highest BCUT2D eigenvalue weighted by Crippen LogP contribution is 2.24. The van der Waals surface area contributed by atoms with Crippen molar-refractivity contribution in [2.24, 2.45) is 5.92 Å². The van der Waals surface area contributed by atoms with Gasteiger partial charge in [0.2, 0.25) is 11.2 Å². The van der Waals surface area contributed by atoms with Crippen LogP contribution >= 0.6 is 27.5 Å². The molecule has 4 nitrogen and oxygen atoms in total. The quantitative estimate of drug-likeness (QED) is 0.805. The Kier molecular flexibility index (Phi) is 4.37. The third-order valence-corrected chi connectivity index (χ3v) is 3.21. The van der Waals surface area contributed by atoms with E-state index >= 15 is 0 Å². The molecule has 0 spiro atoms. The topological polar surface area (TPSA) is 44.2 Å². The minimum absolute atomic E-state index is 0.199. The number of rotatable bonds is 3. The summed E-state index contributed by atoms with van der Waals surface area (Å²) in [5.74, 6) is 1.04. The van der Waals surface area contributed by atoms with Crippen molar-refractivity contribution in [2.75, 3.05) is 19.8 Å². The third-order valence-electron chi connectivity index (χ3n) is 2.48. The summed E-state index contributed by atoms with van der Waals surface area (Å²) in [4.78, 5) is 7.85. The Labute approximate surface area is 107 Å². The fourth-order valence-corrected chi connectivity index (χ4v) is 1.97. The predicted molar refractivity (Wildman–Crippen MR) is 63.8 cm³/mol. The monoisotopic (exact) mass is 306 g/mol. The lowest BCUT2D eigenvalue weighted by molar-refractivity contribution is 0.0489. The van der Waals surface area contributed by atoms with Gasteiger partial charge in [-0.15, -0.1) is 0 Å². The molecule has 1 aliphatic rings. The minimum atomic E-state index is 0.199. The van der Waals surface area contributed by atoms with E-state index in [1.165, 1.54) is 0 Å². The Hall–Kier alpha value is -0.390. The summed E-state index contributed by atoms with van der Waals surface area (Å²) in [6.07, 6.45) is 3.67. The zero-order valence-electron chi connectivity index (χ0n) is 8.66. The zero-order chi connectivity index (χ0) is 11.4. The van der Waals surface area contributed by atoms with Gasteiger partial charge in [-0.3, -0.25) is 0 Å². The summed E-state index contributed by atoms with van der Waals surface area (Å²) < 4.78 is 11.6.